The van der Waals surface area contributed by atoms with Crippen molar-refractivity contribution in [1.29, 1.82) is 0 Å². The molecule has 0 saturated carbocycles. The molecular weight excluding hydrogens is 408 g/mol. The Labute approximate surface area is 186 Å². The van der Waals surface area contributed by atoms with Gasteiger partial charge in [-0.3, -0.25) is 4.79 Å². The van der Waals surface area contributed by atoms with Crippen molar-refractivity contribution in [2.75, 3.05) is 6.54 Å². The molecule has 2 heterocycles. The van der Waals surface area contributed by atoms with Crippen LogP contribution in [0.25, 0.3) is 11.3 Å². The summed E-state index contributed by atoms with van der Waals surface area (Å²) >= 11 is 6.14. The number of fused-ring (bicyclic) bond motifs is 1. The molecule has 0 N–H and O–H groups in total. The highest BCUT2D eigenvalue weighted by Gasteiger charge is 2.35. The fourth-order valence-corrected chi connectivity index (χ4v) is 4.48. The first-order valence-corrected chi connectivity index (χ1v) is 10.7. The highest BCUT2D eigenvalue weighted by atomic mass is 35.5. The zero-order valence-electron chi connectivity index (χ0n) is 17.1. The molecule has 1 aliphatic heterocycles. The molecule has 0 unspecified atom stereocenters. The summed E-state index contributed by atoms with van der Waals surface area (Å²) in [6.07, 6.45) is 0.803. The van der Waals surface area contributed by atoms with E-state index in [1.54, 1.807) is 6.92 Å². The van der Waals surface area contributed by atoms with Gasteiger partial charge in [0.25, 0.3) is 5.91 Å². The molecule has 4 nitrogen and oxygen atoms in total. The minimum Gasteiger partial charge on any atom is -0.360 e. The number of aryl methyl sites for hydroxylation is 1. The molecular formula is C26H21ClN2O2. The van der Waals surface area contributed by atoms with E-state index in [9.17, 15) is 4.79 Å². The van der Waals surface area contributed by atoms with Crippen LogP contribution >= 0.6 is 11.6 Å². The maximum Gasteiger partial charge on any atom is 0.260 e. The topological polar surface area (TPSA) is 46.3 Å². The van der Waals surface area contributed by atoms with Gasteiger partial charge >= 0.3 is 0 Å². The minimum absolute atomic E-state index is 0.0768. The quantitative estimate of drug-likeness (QED) is 0.396. The van der Waals surface area contributed by atoms with Gasteiger partial charge in [0.1, 0.15) is 17.0 Å². The summed E-state index contributed by atoms with van der Waals surface area (Å²) in [7, 11) is 0. The second-order valence-corrected chi connectivity index (χ2v) is 8.17. The van der Waals surface area contributed by atoms with E-state index in [1.165, 1.54) is 5.56 Å². The number of nitrogens with zero attached hydrogens (tertiary/aromatic N) is 2. The molecule has 31 heavy (non-hydrogen) atoms. The van der Waals surface area contributed by atoms with Gasteiger partial charge in [-0.25, -0.2) is 0 Å². The van der Waals surface area contributed by atoms with E-state index in [1.807, 2.05) is 71.6 Å². The fourth-order valence-electron chi connectivity index (χ4n) is 4.35. The van der Waals surface area contributed by atoms with E-state index in [-0.39, 0.29) is 11.9 Å². The monoisotopic (exact) mass is 428 g/mol. The Morgan fingerprint density at radius 2 is 1.71 bits per heavy atom. The van der Waals surface area contributed by atoms with Crippen LogP contribution in [-0.4, -0.2) is 22.5 Å². The smallest absolute Gasteiger partial charge is 0.260 e. The molecule has 0 saturated heterocycles. The van der Waals surface area contributed by atoms with E-state index in [0.717, 1.165) is 23.1 Å². The highest BCUT2D eigenvalue weighted by molar-refractivity contribution is 6.30. The summed E-state index contributed by atoms with van der Waals surface area (Å²) in [5.74, 6) is 0.449. The highest BCUT2D eigenvalue weighted by Crippen LogP contribution is 2.38. The van der Waals surface area contributed by atoms with Crippen LogP contribution in [0.15, 0.2) is 83.4 Å². The van der Waals surface area contributed by atoms with Gasteiger partial charge in [0.2, 0.25) is 0 Å². The largest absolute Gasteiger partial charge is 0.360 e. The van der Waals surface area contributed by atoms with Crippen molar-refractivity contribution in [3.63, 3.8) is 0 Å². The molecule has 154 valence electrons. The molecule has 0 aliphatic carbocycles. The van der Waals surface area contributed by atoms with Gasteiger partial charge in [-0.05, 0) is 42.2 Å². The van der Waals surface area contributed by atoms with Crippen molar-refractivity contribution in [2.45, 2.75) is 19.4 Å². The molecule has 5 rings (SSSR count). The minimum atomic E-state index is -0.201. The molecule has 5 heteroatoms. The molecule has 0 radical (unpaired) electrons. The zero-order valence-corrected chi connectivity index (χ0v) is 17.8. The van der Waals surface area contributed by atoms with Crippen LogP contribution < -0.4 is 0 Å². The summed E-state index contributed by atoms with van der Waals surface area (Å²) in [6, 6.07) is 25.5. The predicted octanol–water partition coefficient (Wildman–Crippen LogP) is 6.09. The molecule has 1 aromatic heterocycles. The van der Waals surface area contributed by atoms with Crippen molar-refractivity contribution < 1.29 is 9.32 Å². The standard InChI is InChI=1S/C26H21ClN2O2/c1-17-23(24(28-31-17)19-8-3-2-4-9-19)26(30)29-16-15-18-7-5-6-10-22(18)25(29)20-11-13-21(27)14-12-20/h2-14,25H,15-16H2,1H3/t25-/m0/s1. The Morgan fingerprint density at radius 3 is 2.48 bits per heavy atom. The van der Waals surface area contributed by atoms with Crippen LogP contribution in [0.1, 0.15) is 38.9 Å². The average Bonchev–Trinajstić information content (AvgIpc) is 3.20. The van der Waals surface area contributed by atoms with Gasteiger partial charge in [-0.15, -0.1) is 0 Å². The van der Waals surface area contributed by atoms with Crippen molar-refractivity contribution >= 4 is 17.5 Å². The third-order valence-corrected chi connectivity index (χ3v) is 6.11. The summed E-state index contributed by atoms with van der Waals surface area (Å²) < 4.78 is 5.47. The van der Waals surface area contributed by atoms with E-state index in [0.29, 0.717) is 28.6 Å². The Hall–Kier alpha value is -3.37. The van der Waals surface area contributed by atoms with Crippen LogP contribution in [0.3, 0.4) is 0 Å². The first-order valence-electron chi connectivity index (χ1n) is 10.3. The second-order valence-electron chi connectivity index (χ2n) is 7.73. The van der Waals surface area contributed by atoms with E-state index >= 15 is 0 Å². The third-order valence-electron chi connectivity index (χ3n) is 5.85. The van der Waals surface area contributed by atoms with Crippen LogP contribution in [0.4, 0.5) is 0 Å². The predicted molar refractivity (Wildman–Crippen MR) is 121 cm³/mol. The van der Waals surface area contributed by atoms with E-state index in [2.05, 4.69) is 17.3 Å². The number of rotatable bonds is 3. The molecule has 1 atom stereocenters. The first kappa shape index (κ1) is 19.6. The number of carbonyl (C=O) groups is 1. The number of halogens is 1. The molecule has 1 amide bonds. The lowest BCUT2D eigenvalue weighted by atomic mass is 9.87. The van der Waals surface area contributed by atoms with Crippen molar-refractivity contribution in [3.05, 3.63) is 112 Å². The molecule has 4 aromatic rings. The number of carbonyl (C=O) groups excluding carboxylic acids is 1. The molecule has 0 bridgehead atoms. The molecule has 0 spiro atoms. The Morgan fingerprint density at radius 1 is 1.00 bits per heavy atom. The van der Waals surface area contributed by atoms with Crippen molar-refractivity contribution in [3.8, 4) is 11.3 Å². The Bertz CT molecular complexity index is 1230. The van der Waals surface area contributed by atoms with E-state index in [4.69, 9.17) is 16.1 Å². The van der Waals surface area contributed by atoms with Crippen LogP contribution in [-0.2, 0) is 6.42 Å². The van der Waals surface area contributed by atoms with E-state index < -0.39 is 0 Å². The molecule has 0 fully saturated rings. The number of benzene rings is 3. The zero-order chi connectivity index (χ0) is 21.4. The maximum absolute atomic E-state index is 13.9. The Balaban J connectivity index is 1.62. The summed E-state index contributed by atoms with van der Waals surface area (Å²) in [5, 5.41) is 4.89. The van der Waals surface area contributed by atoms with Crippen molar-refractivity contribution in [2.24, 2.45) is 0 Å². The normalized spacial score (nSPS) is 15.5. The lowest BCUT2D eigenvalue weighted by Crippen LogP contribution is -2.41. The fraction of sp³-hybridized carbons (Fsp3) is 0.154. The number of amides is 1. The molecule has 3 aromatic carbocycles. The third kappa shape index (κ3) is 3.53. The summed E-state index contributed by atoms with van der Waals surface area (Å²) in [6.45, 7) is 2.41. The number of aromatic nitrogens is 1. The lowest BCUT2D eigenvalue weighted by Gasteiger charge is -2.38. The van der Waals surface area contributed by atoms with Gasteiger partial charge in [0.15, 0.2) is 0 Å². The van der Waals surface area contributed by atoms with Gasteiger partial charge < -0.3 is 9.42 Å². The van der Waals surface area contributed by atoms with Crippen LogP contribution in [0, 0.1) is 6.92 Å². The van der Waals surface area contributed by atoms with Gasteiger partial charge in [0.05, 0.1) is 6.04 Å². The van der Waals surface area contributed by atoms with Gasteiger partial charge in [-0.2, -0.15) is 0 Å². The first-order chi connectivity index (χ1) is 15.1. The lowest BCUT2D eigenvalue weighted by molar-refractivity contribution is 0.0693. The average molecular weight is 429 g/mol. The maximum atomic E-state index is 13.9. The second kappa shape index (κ2) is 8.05. The van der Waals surface area contributed by atoms with Crippen LogP contribution in [0.5, 0.6) is 0 Å². The molecule has 1 aliphatic rings. The Kier molecular flexibility index (Phi) is 5.08. The van der Waals surface area contributed by atoms with Gasteiger partial charge in [-0.1, -0.05) is 83.5 Å². The van der Waals surface area contributed by atoms with Crippen LogP contribution in [0.2, 0.25) is 5.02 Å². The number of hydrogen-bond donors (Lipinski definition) is 0. The summed E-state index contributed by atoms with van der Waals surface area (Å²) in [4.78, 5) is 15.9. The summed E-state index contributed by atoms with van der Waals surface area (Å²) in [5.41, 5.74) is 5.39. The van der Waals surface area contributed by atoms with Crippen molar-refractivity contribution in [1.82, 2.24) is 10.1 Å². The number of hydrogen-bond acceptors (Lipinski definition) is 3. The van der Waals surface area contributed by atoms with Gasteiger partial charge in [0, 0.05) is 17.1 Å². The SMILES string of the molecule is Cc1onc(-c2ccccc2)c1C(=O)N1CCc2ccccc2[C@@H]1c1ccc(Cl)cc1.